The minimum absolute atomic E-state index is 0.0275. The van der Waals surface area contributed by atoms with Crippen LogP contribution in [0.15, 0.2) is 12.3 Å². The summed E-state index contributed by atoms with van der Waals surface area (Å²) in [5.74, 6) is -0.897. The Hall–Kier alpha value is -2.04. The van der Waals surface area contributed by atoms with Gasteiger partial charge in [-0.3, -0.25) is 14.6 Å². The Kier molecular flexibility index (Phi) is 4.77. The predicted molar refractivity (Wildman–Crippen MR) is 85.5 cm³/mol. The molecule has 1 atom stereocenters. The van der Waals surface area contributed by atoms with E-state index in [1.54, 1.807) is 0 Å². The highest BCUT2D eigenvalue weighted by molar-refractivity contribution is 6.05. The standard InChI is InChI=1S/C16H18F6N4O/c1-9(2)24-3-4-25-12(7-24)14(27)26(8-15(17,18)19)11-5-10(16(20,21)22)6-23-13(11)25/h5-6,9,12H,3-4,7-8H2,1-2H3/t12-/m1/s1. The van der Waals surface area contributed by atoms with Crippen LogP contribution in [0.5, 0.6) is 0 Å². The zero-order valence-electron chi connectivity index (χ0n) is 14.6. The molecule has 11 heteroatoms. The van der Waals surface area contributed by atoms with Crippen molar-refractivity contribution >= 4 is 17.4 Å². The minimum Gasteiger partial charge on any atom is -0.340 e. The zero-order chi connectivity index (χ0) is 20.1. The third-order valence-electron chi connectivity index (χ3n) is 4.77. The Morgan fingerprint density at radius 3 is 2.41 bits per heavy atom. The first-order chi connectivity index (χ1) is 12.4. The number of alkyl halides is 6. The molecule has 1 fully saturated rings. The van der Waals surface area contributed by atoms with Gasteiger partial charge in [0.25, 0.3) is 5.91 Å². The fourth-order valence-electron chi connectivity index (χ4n) is 3.40. The number of pyridine rings is 1. The number of hydrogen-bond acceptors (Lipinski definition) is 4. The van der Waals surface area contributed by atoms with Crippen molar-refractivity contribution in [3.05, 3.63) is 17.8 Å². The molecule has 0 saturated carbocycles. The maximum Gasteiger partial charge on any atom is 0.417 e. The predicted octanol–water partition coefficient (Wildman–Crippen LogP) is 2.91. The Labute approximate surface area is 151 Å². The summed E-state index contributed by atoms with van der Waals surface area (Å²) >= 11 is 0. The molecule has 1 saturated heterocycles. The number of carbonyl (C=O) groups is 1. The molecule has 1 aromatic heterocycles. The van der Waals surface area contributed by atoms with E-state index in [0.29, 0.717) is 30.3 Å². The van der Waals surface area contributed by atoms with Gasteiger partial charge in [0.2, 0.25) is 0 Å². The van der Waals surface area contributed by atoms with Crippen molar-refractivity contribution in [2.24, 2.45) is 0 Å². The van der Waals surface area contributed by atoms with Crippen molar-refractivity contribution in [2.75, 3.05) is 36.0 Å². The lowest BCUT2D eigenvalue weighted by Gasteiger charge is -2.48. The van der Waals surface area contributed by atoms with E-state index in [0.717, 1.165) is 0 Å². The molecule has 0 spiro atoms. The van der Waals surface area contributed by atoms with Gasteiger partial charge >= 0.3 is 12.4 Å². The average molecular weight is 396 g/mol. The number of halogens is 6. The van der Waals surface area contributed by atoms with Crippen LogP contribution in [-0.4, -0.2) is 60.2 Å². The van der Waals surface area contributed by atoms with Crippen LogP contribution in [0.1, 0.15) is 19.4 Å². The SMILES string of the molecule is CC(C)N1CCN2c3ncc(C(F)(F)F)cc3N(CC(F)(F)F)C(=O)[C@H]2C1. The highest BCUT2D eigenvalue weighted by atomic mass is 19.4. The molecule has 1 amide bonds. The fraction of sp³-hybridized carbons (Fsp3) is 0.625. The molecule has 3 rings (SSSR count). The van der Waals surface area contributed by atoms with Crippen molar-refractivity contribution in [3.8, 4) is 0 Å². The van der Waals surface area contributed by atoms with Crippen molar-refractivity contribution in [3.63, 3.8) is 0 Å². The quantitative estimate of drug-likeness (QED) is 0.721. The van der Waals surface area contributed by atoms with Crippen LogP contribution in [0.4, 0.5) is 37.8 Å². The molecule has 0 bridgehead atoms. The van der Waals surface area contributed by atoms with Gasteiger partial charge in [0.15, 0.2) is 5.82 Å². The number of anilines is 2. The van der Waals surface area contributed by atoms with Gasteiger partial charge in [-0.25, -0.2) is 4.98 Å². The monoisotopic (exact) mass is 396 g/mol. The van der Waals surface area contributed by atoms with Gasteiger partial charge in [-0.1, -0.05) is 0 Å². The molecule has 2 aliphatic heterocycles. The topological polar surface area (TPSA) is 39.7 Å². The number of hydrogen-bond donors (Lipinski definition) is 0. The first kappa shape index (κ1) is 19.7. The lowest BCUT2D eigenvalue weighted by Crippen LogP contribution is -2.64. The molecule has 5 nitrogen and oxygen atoms in total. The molecule has 1 aromatic rings. The van der Waals surface area contributed by atoms with Crippen molar-refractivity contribution in [2.45, 2.75) is 38.3 Å². The fourth-order valence-corrected chi connectivity index (χ4v) is 3.40. The Morgan fingerprint density at radius 1 is 1.19 bits per heavy atom. The second kappa shape index (κ2) is 6.54. The molecule has 0 aliphatic carbocycles. The maximum atomic E-state index is 13.0. The number of rotatable bonds is 2. The number of fused-ring (bicyclic) bond motifs is 3. The summed E-state index contributed by atoms with van der Waals surface area (Å²) in [6.45, 7) is 3.15. The van der Waals surface area contributed by atoms with Crippen molar-refractivity contribution in [1.29, 1.82) is 0 Å². The molecule has 0 aromatic carbocycles. The molecule has 150 valence electrons. The van der Waals surface area contributed by atoms with Crippen LogP contribution in [0.2, 0.25) is 0 Å². The summed E-state index contributed by atoms with van der Waals surface area (Å²) in [6, 6.07) is -0.269. The molecule has 3 heterocycles. The number of amides is 1. The summed E-state index contributed by atoms with van der Waals surface area (Å²) in [5, 5.41) is 0. The van der Waals surface area contributed by atoms with Crippen molar-refractivity contribution in [1.82, 2.24) is 9.88 Å². The minimum atomic E-state index is -4.78. The second-order valence-electron chi connectivity index (χ2n) is 6.90. The van der Waals surface area contributed by atoms with Gasteiger partial charge in [0, 0.05) is 31.9 Å². The van der Waals surface area contributed by atoms with E-state index in [2.05, 4.69) is 4.98 Å². The lowest BCUT2D eigenvalue weighted by atomic mass is 10.0. The first-order valence-electron chi connectivity index (χ1n) is 8.34. The van der Waals surface area contributed by atoms with Crippen LogP contribution >= 0.6 is 0 Å². The van der Waals surface area contributed by atoms with Gasteiger partial charge in [-0.2, -0.15) is 26.3 Å². The van der Waals surface area contributed by atoms with Gasteiger partial charge < -0.3 is 4.90 Å². The van der Waals surface area contributed by atoms with Gasteiger partial charge in [0.05, 0.1) is 11.3 Å². The van der Waals surface area contributed by atoms with E-state index < -0.39 is 42.1 Å². The number of nitrogens with zero attached hydrogens (tertiary/aromatic N) is 4. The summed E-state index contributed by atoms with van der Waals surface area (Å²) in [7, 11) is 0. The van der Waals surface area contributed by atoms with Crippen LogP contribution in [-0.2, 0) is 11.0 Å². The normalized spacial score (nSPS) is 21.5. The van der Waals surface area contributed by atoms with Crippen LogP contribution < -0.4 is 9.80 Å². The molecular formula is C16H18F6N4O. The third kappa shape index (κ3) is 3.83. The van der Waals surface area contributed by atoms with E-state index >= 15 is 0 Å². The molecule has 2 aliphatic rings. The summed E-state index contributed by atoms with van der Waals surface area (Å²) in [4.78, 5) is 20.4. The summed E-state index contributed by atoms with van der Waals surface area (Å²) < 4.78 is 78.1. The molecular weight excluding hydrogens is 378 g/mol. The number of aromatic nitrogens is 1. The summed E-state index contributed by atoms with van der Waals surface area (Å²) in [5.41, 5.74) is -1.65. The smallest absolute Gasteiger partial charge is 0.340 e. The van der Waals surface area contributed by atoms with Gasteiger partial charge in [-0.05, 0) is 19.9 Å². The van der Waals surface area contributed by atoms with Crippen LogP contribution in [0.25, 0.3) is 0 Å². The number of carbonyl (C=O) groups excluding carboxylic acids is 1. The van der Waals surface area contributed by atoms with E-state index in [4.69, 9.17) is 0 Å². The maximum absolute atomic E-state index is 13.0. The lowest BCUT2D eigenvalue weighted by molar-refractivity contribution is -0.138. The van der Waals surface area contributed by atoms with Crippen LogP contribution in [0, 0.1) is 0 Å². The van der Waals surface area contributed by atoms with Crippen molar-refractivity contribution < 1.29 is 31.1 Å². The van der Waals surface area contributed by atoms with Crippen LogP contribution in [0.3, 0.4) is 0 Å². The van der Waals surface area contributed by atoms with E-state index in [-0.39, 0.29) is 18.4 Å². The molecule has 0 unspecified atom stereocenters. The summed E-state index contributed by atoms with van der Waals surface area (Å²) in [6.07, 6.45) is -8.94. The highest BCUT2D eigenvalue weighted by Gasteiger charge is 2.47. The van der Waals surface area contributed by atoms with Gasteiger partial charge in [-0.15, -0.1) is 0 Å². The Balaban J connectivity index is 2.07. The average Bonchev–Trinajstić information content (AvgIpc) is 2.55. The second-order valence-corrected chi connectivity index (χ2v) is 6.90. The highest BCUT2D eigenvalue weighted by Crippen LogP contribution is 2.41. The Morgan fingerprint density at radius 2 is 1.85 bits per heavy atom. The largest absolute Gasteiger partial charge is 0.417 e. The van der Waals surface area contributed by atoms with E-state index in [9.17, 15) is 31.1 Å². The third-order valence-corrected chi connectivity index (χ3v) is 4.77. The van der Waals surface area contributed by atoms with E-state index in [1.165, 1.54) is 4.90 Å². The molecule has 0 radical (unpaired) electrons. The Bertz CT molecular complexity index is 733. The molecule has 27 heavy (non-hydrogen) atoms. The number of piperazine rings is 1. The molecule has 0 N–H and O–H groups in total. The first-order valence-corrected chi connectivity index (χ1v) is 8.34. The van der Waals surface area contributed by atoms with E-state index in [1.807, 2.05) is 18.7 Å². The van der Waals surface area contributed by atoms with Gasteiger partial charge in [0.1, 0.15) is 12.6 Å². The zero-order valence-corrected chi connectivity index (χ0v) is 14.6.